The first-order chi connectivity index (χ1) is 11.4. The Bertz CT molecular complexity index is 691. The summed E-state index contributed by atoms with van der Waals surface area (Å²) < 4.78 is 43.7. The van der Waals surface area contributed by atoms with Crippen molar-refractivity contribution < 1.29 is 27.5 Å². The second-order valence-corrected chi connectivity index (χ2v) is 5.95. The highest BCUT2D eigenvalue weighted by Gasteiger charge is 2.35. The molecule has 0 aromatic heterocycles. The Morgan fingerprint density at radius 2 is 1.88 bits per heavy atom. The minimum absolute atomic E-state index is 0.0122. The van der Waals surface area contributed by atoms with Gasteiger partial charge in [0.05, 0.1) is 11.1 Å². The third-order valence-corrected chi connectivity index (χ3v) is 4.29. The van der Waals surface area contributed by atoms with Crippen LogP contribution in [0, 0.1) is 5.92 Å². The van der Waals surface area contributed by atoms with E-state index in [4.69, 9.17) is 4.74 Å². The fourth-order valence-electron chi connectivity index (χ4n) is 2.94. The Morgan fingerprint density at radius 3 is 2.54 bits per heavy atom. The van der Waals surface area contributed by atoms with Crippen LogP contribution in [0.3, 0.4) is 0 Å². The van der Waals surface area contributed by atoms with Crippen LogP contribution in [-0.2, 0) is 20.5 Å². The summed E-state index contributed by atoms with van der Waals surface area (Å²) in [5.41, 5.74) is -0.722. The quantitative estimate of drug-likeness (QED) is 0.796. The van der Waals surface area contributed by atoms with Gasteiger partial charge in [0, 0.05) is 25.8 Å². The van der Waals surface area contributed by atoms with E-state index in [1.807, 2.05) is 0 Å². The van der Waals surface area contributed by atoms with Gasteiger partial charge in [0.15, 0.2) is 0 Å². The molecule has 0 bridgehead atoms. The number of nitrogens with zero attached hydrogens (tertiary/aromatic N) is 1. The molecule has 0 unspecified atom stereocenters. The molecule has 0 N–H and O–H groups in total. The van der Waals surface area contributed by atoms with E-state index in [0.29, 0.717) is 13.2 Å². The van der Waals surface area contributed by atoms with Gasteiger partial charge in [0.1, 0.15) is 0 Å². The molecule has 0 saturated carbocycles. The van der Waals surface area contributed by atoms with E-state index < -0.39 is 23.6 Å². The predicted molar refractivity (Wildman–Crippen MR) is 79.7 cm³/mol. The van der Waals surface area contributed by atoms with Crippen LogP contribution >= 0.6 is 0 Å². The average molecular weight is 339 g/mol. The first-order valence-corrected chi connectivity index (χ1v) is 7.69. The smallest absolute Gasteiger partial charge is 0.381 e. The number of alkyl halides is 3. The number of hydrogen-bond acceptors (Lipinski definition) is 3. The standard InChI is InChI=1S/C17H16F3NO3/c18-17(19,20)13-3-1-2-12(8-13)14-9-15(22)21(16(14)23)10-11-4-6-24-7-5-11/h1-3,8-9,11H,4-7,10H2. The van der Waals surface area contributed by atoms with Crippen molar-refractivity contribution in [1.29, 1.82) is 0 Å². The topological polar surface area (TPSA) is 46.6 Å². The van der Waals surface area contributed by atoms with Crippen LogP contribution < -0.4 is 0 Å². The summed E-state index contributed by atoms with van der Waals surface area (Å²) >= 11 is 0. The lowest BCUT2D eigenvalue weighted by atomic mass is 9.99. The fraction of sp³-hybridized carbons (Fsp3) is 0.412. The van der Waals surface area contributed by atoms with Crippen LogP contribution in [0.1, 0.15) is 24.0 Å². The molecule has 128 valence electrons. The van der Waals surface area contributed by atoms with E-state index in [9.17, 15) is 22.8 Å². The van der Waals surface area contributed by atoms with Gasteiger partial charge in [-0.05, 0) is 36.5 Å². The molecule has 0 atom stereocenters. The van der Waals surface area contributed by atoms with Gasteiger partial charge >= 0.3 is 6.18 Å². The highest BCUT2D eigenvalue weighted by atomic mass is 19.4. The van der Waals surface area contributed by atoms with Crippen molar-refractivity contribution in [2.45, 2.75) is 19.0 Å². The summed E-state index contributed by atoms with van der Waals surface area (Å²) in [6.07, 6.45) is -1.85. The van der Waals surface area contributed by atoms with Crippen LogP contribution in [0.5, 0.6) is 0 Å². The summed E-state index contributed by atoms with van der Waals surface area (Å²) in [5, 5.41) is 0. The van der Waals surface area contributed by atoms with Gasteiger partial charge in [0.2, 0.25) is 0 Å². The van der Waals surface area contributed by atoms with Crippen molar-refractivity contribution in [2.24, 2.45) is 5.92 Å². The van der Waals surface area contributed by atoms with Crippen LogP contribution in [0.15, 0.2) is 30.3 Å². The molecule has 1 aromatic rings. The van der Waals surface area contributed by atoms with Gasteiger partial charge in [-0.1, -0.05) is 12.1 Å². The van der Waals surface area contributed by atoms with Crippen LogP contribution in [0.25, 0.3) is 5.57 Å². The summed E-state index contributed by atoms with van der Waals surface area (Å²) in [5.74, 6) is -0.842. The van der Waals surface area contributed by atoms with Gasteiger partial charge in [0.25, 0.3) is 11.8 Å². The Balaban J connectivity index is 1.79. The van der Waals surface area contributed by atoms with Crippen molar-refractivity contribution in [2.75, 3.05) is 19.8 Å². The van der Waals surface area contributed by atoms with E-state index in [1.165, 1.54) is 12.1 Å². The molecule has 0 spiro atoms. The zero-order valence-electron chi connectivity index (χ0n) is 12.8. The summed E-state index contributed by atoms with van der Waals surface area (Å²) in [6.45, 7) is 1.46. The highest BCUT2D eigenvalue weighted by molar-refractivity contribution is 6.33. The number of ether oxygens (including phenoxy) is 1. The monoisotopic (exact) mass is 339 g/mol. The average Bonchev–Trinajstić information content (AvgIpc) is 2.83. The lowest BCUT2D eigenvalue weighted by Gasteiger charge is -2.26. The molecular weight excluding hydrogens is 323 g/mol. The summed E-state index contributed by atoms with van der Waals surface area (Å²) in [6, 6.07) is 4.47. The number of rotatable bonds is 3. The molecule has 1 aromatic carbocycles. The normalized spacial score (nSPS) is 19.8. The van der Waals surface area contributed by atoms with E-state index in [1.54, 1.807) is 0 Å². The van der Waals surface area contributed by atoms with Crippen molar-refractivity contribution in [3.8, 4) is 0 Å². The molecule has 0 radical (unpaired) electrons. The Hall–Kier alpha value is -2.15. The van der Waals surface area contributed by atoms with Crippen LogP contribution in [0.4, 0.5) is 13.2 Å². The van der Waals surface area contributed by atoms with Gasteiger partial charge in [-0.15, -0.1) is 0 Å². The lowest BCUT2D eigenvalue weighted by molar-refractivity contribution is -0.139. The first-order valence-electron chi connectivity index (χ1n) is 7.69. The van der Waals surface area contributed by atoms with Gasteiger partial charge in [-0.2, -0.15) is 13.2 Å². The lowest BCUT2D eigenvalue weighted by Crippen LogP contribution is -2.37. The van der Waals surface area contributed by atoms with E-state index >= 15 is 0 Å². The van der Waals surface area contributed by atoms with Crippen molar-refractivity contribution in [3.63, 3.8) is 0 Å². The number of carbonyl (C=O) groups is 2. The molecule has 2 heterocycles. The number of amides is 2. The summed E-state index contributed by atoms with van der Waals surface area (Å²) in [7, 11) is 0. The largest absolute Gasteiger partial charge is 0.416 e. The number of halogens is 3. The van der Waals surface area contributed by atoms with E-state index in [-0.39, 0.29) is 23.6 Å². The van der Waals surface area contributed by atoms with Crippen molar-refractivity contribution in [3.05, 3.63) is 41.5 Å². The first kappa shape index (κ1) is 16.7. The molecule has 2 amide bonds. The van der Waals surface area contributed by atoms with E-state index in [2.05, 4.69) is 0 Å². The van der Waals surface area contributed by atoms with Crippen molar-refractivity contribution >= 4 is 17.4 Å². The molecule has 24 heavy (non-hydrogen) atoms. The van der Waals surface area contributed by atoms with Gasteiger partial charge < -0.3 is 4.74 Å². The number of benzene rings is 1. The Morgan fingerprint density at radius 1 is 1.17 bits per heavy atom. The third-order valence-electron chi connectivity index (χ3n) is 4.29. The maximum Gasteiger partial charge on any atom is 0.416 e. The predicted octanol–water partition coefficient (Wildman–Crippen LogP) is 2.88. The van der Waals surface area contributed by atoms with E-state index in [0.717, 1.165) is 36.0 Å². The second-order valence-electron chi connectivity index (χ2n) is 5.95. The molecule has 2 aliphatic rings. The number of carbonyl (C=O) groups excluding carboxylic acids is 2. The maximum absolute atomic E-state index is 12.8. The minimum atomic E-state index is -4.50. The van der Waals surface area contributed by atoms with Crippen LogP contribution in [-0.4, -0.2) is 36.5 Å². The molecular formula is C17H16F3NO3. The molecule has 1 fully saturated rings. The zero-order chi connectivity index (χ0) is 17.3. The Labute approximate surface area is 136 Å². The van der Waals surface area contributed by atoms with Crippen LogP contribution in [0.2, 0.25) is 0 Å². The molecule has 1 saturated heterocycles. The molecule has 0 aliphatic carbocycles. The molecule has 7 heteroatoms. The van der Waals surface area contributed by atoms with Crippen molar-refractivity contribution in [1.82, 2.24) is 4.90 Å². The molecule has 3 rings (SSSR count). The highest BCUT2D eigenvalue weighted by Crippen LogP contribution is 2.33. The zero-order valence-corrected chi connectivity index (χ0v) is 12.8. The van der Waals surface area contributed by atoms with Gasteiger partial charge in [-0.25, -0.2) is 0 Å². The molecule has 2 aliphatic heterocycles. The second kappa shape index (κ2) is 6.39. The number of hydrogen-bond donors (Lipinski definition) is 0. The summed E-state index contributed by atoms with van der Waals surface area (Å²) in [4.78, 5) is 25.7. The number of imide groups is 1. The third kappa shape index (κ3) is 3.36. The fourth-order valence-corrected chi connectivity index (χ4v) is 2.94. The molecule has 4 nitrogen and oxygen atoms in total. The van der Waals surface area contributed by atoms with Gasteiger partial charge in [-0.3, -0.25) is 14.5 Å². The SMILES string of the molecule is O=C1C=C(c2cccc(C(F)(F)F)c2)C(=O)N1CC1CCOCC1. The minimum Gasteiger partial charge on any atom is -0.381 e. The maximum atomic E-state index is 12.8. The Kier molecular flexibility index (Phi) is 4.45.